The molecule has 1 aromatic rings. The van der Waals surface area contributed by atoms with E-state index in [2.05, 4.69) is 27.2 Å². The zero-order chi connectivity index (χ0) is 12.7. The van der Waals surface area contributed by atoms with E-state index in [0.717, 1.165) is 10.2 Å². The average Bonchev–Trinajstić information content (AvgIpc) is 2.28. The van der Waals surface area contributed by atoms with Gasteiger partial charge in [-0.15, -0.1) is 18.2 Å². The first-order valence-corrected chi connectivity index (χ1v) is 6.79. The second-order valence-corrected chi connectivity index (χ2v) is 5.12. The van der Waals surface area contributed by atoms with Gasteiger partial charge in [0.2, 0.25) is 0 Å². The zero-order valence-electron chi connectivity index (χ0n) is 8.98. The Balaban J connectivity index is 2.60. The van der Waals surface area contributed by atoms with Gasteiger partial charge in [0.1, 0.15) is 5.69 Å². The van der Waals surface area contributed by atoms with E-state index in [1.54, 1.807) is 23.9 Å². The summed E-state index contributed by atoms with van der Waals surface area (Å²) in [6, 6.07) is 4.82. The molecule has 1 rings (SSSR count). The molecule has 0 saturated heterocycles. The van der Waals surface area contributed by atoms with E-state index in [1.807, 2.05) is 0 Å². The summed E-state index contributed by atoms with van der Waals surface area (Å²) in [6.07, 6.45) is 5.12. The lowest BCUT2D eigenvalue weighted by Gasteiger charge is -2.06. The number of anilines is 1. The molecule has 17 heavy (non-hydrogen) atoms. The van der Waals surface area contributed by atoms with Crippen molar-refractivity contribution >= 4 is 39.1 Å². The Morgan fingerprint density at radius 3 is 3.00 bits per heavy atom. The minimum Gasteiger partial charge on any atom is -0.379 e. The van der Waals surface area contributed by atoms with Crippen molar-refractivity contribution in [2.24, 2.45) is 0 Å². The van der Waals surface area contributed by atoms with Crippen LogP contribution in [0, 0.1) is 22.5 Å². The van der Waals surface area contributed by atoms with Gasteiger partial charge in [-0.2, -0.15) is 0 Å². The third kappa shape index (κ3) is 4.67. The topological polar surface area (TPSA) is 55.2 Å². The molecule has 0 amide bonds. The highest BCUT2D eigenvalue weighted by Crippen LogP contribution is 2.27. The molecule has 0 radical (unpaired) electrons. The van der Waals surface area contributed by atoms with Gasteiger partial charge in [0.15, 0.2) is 0 Å². The number of thioether (sulfide) groups is 1. The Morgan fingerprint density at radius 2 is 2.35 bits per heavy atom. The average molecular weight is 315 g/mol. The van der Waals surface area contributed by atoms with Crippen LogP contribution < -0.4 is 5.32 Å². The van der Waals surface area contributed by atoms with E-state index in [0.29, 0.717) is 18.0 Å². The van der Waals surface area contributed by atoms with E-state index in [9.17, 15) is 10.1 Å². The van der Waals surface area contributed by atoms with Gasteiger partial charge < -0.3 is 5.32 Å². The normalized spacial score (nSPS) is 9.65. The largest absolute Gasteiger partial charge is 0.379 e. The first kappa shape index (κ1) is 13.9. The van der Waals surface area contributed by atoms with Gasteiger partial charge >= 0.3 is 0 Å². The van der Waals surface area contributed by atoms with Crippen LogP contribution in [0.5, 0.6) is 0 Å². The summed E-state index contributed by atoms with van der Waals surface area (Å²) in [5, 5.41) is 13.8. The molecule has 0 unspecified atom stereocenters. The van der Waals surface area contributed by atoms with Crippen LogP contribution in [0.1, 0.15) is 0 Å². The van der Waals surface area contributed by atoms with Crippen molar-refractivity contribution in [3.63, 3.8) is 0 Å². The molecule has 0 fully saturated rings. The van der Waals surface area contributed by atoms with Crippen LogP contribution in [0.15, 0.2) is 22.7 Å². The smallest absolute Gasteiger partial charge is 0.292 e. The lowest BCUT2D eigenvalue weighted by atomic mass is 10.2. The maximum absolute atomic E-state index is 10.8. The summed E-state index contributed by atoms with van der Waals surface area (Å²) in [7, 11) is 0. The van der Waals surface area contributed by atoms with E-state index < -0.39 is 4.92 Å². The number of nitrogens with zero attached hydrogens (tertiary/aromatic N) is 1. The van der Waals surface area contributed by atoms with Crippen molar-refractivity contribution in [3.05, 3.63) is 32.8 Å². The molecule has 0 bridgehead atoms. The molecule has 0 aliphatic carbocycles. The number of benzene rings is 1. The number of nitrogens with one attached hydrogen (secondary N) is 1. The summed E-state index contributed by atoms with van der Waals surface area (Å²) in [4.78, 5) is 10.4. The summed E-state index contributed by atoms with van der Waals surface area (Å²) in [5.74, 6) is 3.99. The number of hydrogen-bond acceptors (Lipinski definition) is 4. The summed E-state index contributed by atoms with van der Waals surface area (Å²) < 4.78 is 0.807. The van der Waals surface area contributed by atoms with Crippen LogP contribution in [0.2, 0.25) is 0 Å². The molecule has 0 aliphatic rings. The number of halogens is 1. The highest BCUT2D eigenvalue weighted by molar-refractivity contribution is 9.10. The third-order valence-electron chi connectivity index (χ3n) is 1.90. The van der Waals surface area contributed by atoms with Gasteiger partial charge in [-0.3, -0.25) is 10.1 Å². The molecule has 0 aromatic heterocycles. The molecule has 90 valence electrons. The van der Waals surface area contributed by atoms with Crippen molar-refractivity contribution in [1.82, 2.24) is 0 Å². The van der Waals surface area contributed by atoms with E-state index in [1.165, 1.54) is 6.07 Å². The number of nitro groups is 1. The Bertz CT molecular complexity index is 446. The predicted octanol–water partition coefficient (Wildman–Crippen LogP) is 3.14. The lowest BCUT2D eigenvalue weighted by Crippen LogP contribution is -2.06. The minimum atomic E-state index is -0.399. The number of terminal acetylenes is 1. The Kier molecular flexibility index (Phi) is 5.87. The molecule has 1 N–H and O–H groups in total. The van der Waals surface area contributed by atoms with Crippen LogP contribution in [0.3, 0.4) is 0 Å². The van der Waals surface area contributed by atoms with Gasteiger partial charge in [0.05, 0.1) is 10.7 Å². The first-order valence-electron chi connectivity index (χ1n) is 4.84. The van der Waals surface area contributed by atoms with Crippen LogP contribution in [-0.2, 0) is 0 Å². The maximum atomic E-state index is 10.8. The molecule has 6 heteroatoms. The molecule has 0 heterocycles. The Hall–Kier alpha value is -1.19. The first-order chi connectivity index (χ1) is 8.15. The van der Waals surface area contributed by atoms with E-state index in [4.69, 9.17) is 6.42 Å². The van der Waals surface area contributed by atoms with Gasteiger partial charge in [0.25, 0.3) is 5.69 Å². The van der Waals surface area contributed by atoms with E-state index >= 15 is 0 Å². The lowest BCUT2D eigenvalue weighted by molar-refractivity contribution is -0.384. The van der Waals surface area contributed by atoms with Crippen molar-refractivity contribution in [3.8, 4) is 12.3 Å². The molecule has 0 spiro atoms. The molecule has 0 atom stereocenters. The molecule has 0 saturated carbocycles. The van der Waals surface area contributed by atoms with Crippen molar-refractivity contribution < 1.29 is 4.92 Å². The molecular formula is C11H11BrN2O2S. The summed E-state index contributed by atoms with van der Waals surface area (Å²) in [6.45, 7) is 0.642. The fourth-order valence-electron chi connectivity index (χ4n) is 1.20. The van der Waals surface area contributed by atoms with Gasteiger partial charge in [0, 0.05) is 22.8 Å². The molecule has 0 aliphatic heterocycles. The fraction of sp³-hybridized carbons (Fsp3) is 0.273. The monoisotopic (exact) mass is 314 g/mol. The Labute approximate surface area is 112 Å². The summed E-state index contributed by atoms with van der Waals surface area (Å²) in [5.41, 5.74) is 0.598. The second kappa shape index (κ2) is 7.20. The maximum Gasteiger partial charge on any atom is 0.292 e. The number of nitro benzene ring substituents is 1. The third-order valence-corrected chi connectivity index (χ3v) is 3.26. The van der Waals surface area contributed by atoms with E-state index in [-0.39, 0.29) is 5.69 Å². The van der Waals surface area contributed by atoms with Crippen LogP contribution in [0.25, 0.3) is 0 Å². The standard InChI is InChI=1S/C11H11BrN2O2S/c1-2-6-17-7-5-13-10-8-9(12)3-4-11(10)14(15)16/h1,3-4,8,13H,5-7H2. The van der Waals surface area contributed by atoms with Gasteiger partial charge in [-0.05, 0) is 12.1 Å². The van der Waals surface area contributed by atoms with Crippen molar-refractivity contribution in [2.75, 3.05) is 23.4 Å². The van der Waals surface area contributed by atoms with Gasteiger partial charge in [-0.1, -0.05) is 21.9 Å². The highest BCUT2D eigenvalue weighted by atomic mass is 79.9. The van der Waals surface area contributed by atoms with Crippen LogP contribution in [0.4, 0.5) is 11.4 Å². The van der Waals surface area contributed by atoms with Crippen molar-refractivity contribution in [1.29, 1.82) is 0 Å². The Morgan fingerprint density at radius 1 is 1.59 bits per heavy atom. The zero-order valence-corrected chi connectivity index (χ0v) is 11.4. The predicted molar refractivity (Wildman–Crippen MR) is 75.4 cm³/mol. The van der Waals surface area contributed by atoms with Crippen LogP contribution in [-0.4, -0.2) is 23.0 Å². The summed E-state index contributed by atoms with van der Waals surface area (Å²) >= 11 is 4.90. The molecule has 4 nitrogen and oxygen atoms in total. The fourth-order valence-corrected chi connectivity index (χ4v) is 2.07. The highest BCUT2D eigenvalue weighted by Gasteiger charge is 2.12. The number of hydrogen-bond donors (Lipinski definition) is 1. The SMILES string of the molecule is C#CCSCCNc1cc(Br)ccc1[N+](=O)[O-]. The van der Waals surface area contributed by atoms with Gasteiger partial charge in [-0.25, -0.2) is 0 Å². The quantitative estimate of drug-likeness (QED) is 0.379. The van der Waals surface area contributed by atoms with Crippen molar-refractivity contribution in [2.45, 2.75) is 0 Å². The van der Waals surface area contributed by atoms with Crippen LogP contribution >= 0.6 is 27.7 Å². The molecule has 1 aromatic carbocycles. The number of rotatable bonds is 6. The second-order valence-electron chi connectivity index (χ2n) is 3.10. The minimum absolute atomic E-state index is 0.0788. The molecular weight excluding hydrogens is 304 g/mol.